The minimum absolute atomic E-state index is 0.00271. The van der Waals surface area contributed by atoms with Crippen LogP contribution in [0.1, 0.15) is 15.9 Å². The molecule has 0 aliphatic rings. The highest BCUT2D eigenvalue weighted by Crippen LogP contribution is 2.10. The first-order chi connectivity index (χ1) is 6.82. The monoisotopic (exact) mass is 231 g/mol. The summed E-state index contributed by atoms with van der Waals surface area (Å²) >= 11 is 0. The zero-order valence-electron chi connectivity index (χ0n) is 8.27. The number of rotatable bonds is 2. The van der Waals surface area contributed by atoms with Crippen LogP contribution in [0.4, 0.5) is 4.48 Å². The molecule has 0 saturated heterocycles. The van der Waals surface area contributed by atoms with E-state index in [1.807, 2.05) is 0 Å². The molecule has 6 heteroatoms. The Hall–Kier alpha value is -1.43. The third kappa shape index (κ3) is 2.76. The van der Waals surface area contributed by atoms with E-state index in [0.717, 1.165) is 5.56 Å². The lowest BCUT2D eigenvalue weighted by Crippen LogP contribution is -2.28. The van der Waals surface area contributed by atoms with Gasteiger partial charge >= 0.3 is 0 Å². The standard InChI is InChI=1S/C9H10FNO3S/c1-7-4-3-5-8(6-7)9(12)11(10)15(2,13)14/h3-6H,1-2H3. The predicted octanol–water partition coefficient (Wildman–Crippen LogP) is 1.28. The number of halogens is 1. The minimum Gasteiger partial charge on any atom is -0.265 e. The second-order valence-corrected chi connectivity index (χ2v) is 4.94. The maximum absolute atomic E-state index is 13.0. The molecule has 0 saturated carbocycles. The Labute approximate surface area is 87.3 Å². The number of carbonyl (C=O) groups is 1. The fraction of sp³-hybridized carbons (Fsp3) is 0.222. The molecular formula is C9H10FNO3S. The Morgan fingerprint density at radius 2 is 2.00 bits per heavy atom. The van der Waals surface area contributed by atoms with Gasteiger partial charge in [0.25, 0.3) is 15.9 Å². The molecule has 0 atom stereocenters. The van der Waals surface area contributed by atoms with E-state index in [1.54, 1.807) is 19.1 Å². The van der Waals surface area contributed by atoms with Crippen LogP contribution in [0.3, 0.4) is 0 Å². The van der Waals surface area contributed by atoms with Crippen molar-refractivity contribution in [2.45, 2.75) is 6.92 Å². The lowest BCUT2D eigenvalue weighted by molar-refractivity contribution is 0.0590. The van der Waals surface area contributed by atoms with E-state index in [2.05, 4.69) is 0 Å². The number of benzene rings is 1. The molecule has 0 bridgehead atoms. The van der Waals surface area contributed by atoms with Crippen LogP contribution in [0, 0.1) is 6.92 Å². The Morgan fingerprint density at radius 1 is 1.40 bits per heavy atom. The summed E-state index contributed by atoms with van der Waals surface area (Å²) in [5, 5.41) is 0. The molecule has 1 aromatic carbocycles. The van der Waals surface area contributed by atoms with Crippen LogP contribution in [0.25, 0.3) is 0 Å². The highest BCUT2D eigenvalue weighted by Gasteiger charge is 2.24. The van der Waals surface area contributed by atoms with E-state index in [-0.39, 0.29) is 5.56 Å². The van der Waals surface area contributed by atoms with Gasteiger partial charge in [-0.3, -0.25) is 4.79 Å². The van der Waals surface area contributed by atoms with Gasteiger partial charge in [0.1, 0.15) is 0 Å². The molecule has 0 aliphatic heterocycles. The smallest absolute Gasteiger partial charge is 0.265 e. The lowest BCUT2D eigenvalue weighted by Gasteiger charge is -2.09. The largest absolute Gasteiger partial charge is 0.296 e. The van der Waals surface area contributed by atoms with Gasteiger partial charge in [0, 0.05) is 5.56 Å². The van der Waals surface area contributed by atoms with Crippen molar-refractivity contribution in [2.75, 3.05) is 6.26 Å². The van der Waals surface area contributed by atoms with Crippen molar-refractivity contribution in [3.8, 4) is 0 Å². The summed E-state index contributed by atoms with van der Waals surface area (Å²) in [6.07, 6.45) is 0.626. The van der Waals surface area contributed by atoms with Crippen molar-refractivity contribution in [1.82, 2.24) is 4.53 Å². The number of hydrogen-bond acceptors (Lipinski definition) is 3. The van der Waals surface area contributed by atoms with Crippen LogP contribution < -0.4 is 0 Å². The molecule has 15 heavy (non-hydrogen) atoms. The zero-order chi connectivity index (χ0) is 11.6. The maximum Gasteiger partial charge on any atom is 0.296 e. The normalized spacial score (nSPS) is 11.1. The average molecular weight is 231 g/mol. The van der Waals surface area contributed by atoms with Crippen molar-refractivity contribution in [1.29, 1.82) is 0 Å². The van der Waals surface area contributed by atoms with Crippen molar-refractivity contribution in [3.63, 3.8) is 0 Å². The second kappa shape index (κ2) is 3.98. The number of carbonyl (C=O) groups excluding carboxylic acids is 1. The number of nitrogens with zero attached hydrogens (tertiary/aromatic N) is 1. The fourth-order valence-electron chi connectivity index (χ4n) is 1.03. The second-order valence-electron chi connectivity index (χ2n) is 3.15. The van der Waals surface area contributed by atoms with E-state index in [0.29, 0.717) is 6.26 Å². The van der Waals surface area contributed by atoms with Gasteiger partial charge in [-0.25, -0.2) is 8.42 Å². The molecule has 4 nitrogen and oxygen atoms in total. The molecule has 1 aromatic rings. The Balaban J connectivity index is 3.06. The highest BCUT2D eigenvalue weighted by atomic mass is 32.2. The van der Waals surface area contributed by atoms with E-state index >= 15 is 0 Å². The number of amides is 1. The summed E-state index contributed by atoms with van der Waals surface area (Å²) in [6.45, 7) is 1.72. The van der Waals surface area contributed by atoms with Crippen LogP contribution in [0.5, 0.6) is 0 Å². The lowest BCUT2D eigenvalue weighted by atomic mass is 10.1. The van der Waals surface area contributed by atoms with Gasteiger partial charge < -0.3 is 0 Å². The molecule has 1 rings (SSSR count). The molecule has 0 aromatic heterocycles. The molecule has 0 fully saturated rings. The fourth-order valence-corrected chi connectivity index (χ4v) is 1.44. The first-order valence-electron chi connectivity index (χ1n) is 4.09. The first-order valence-corrected chi connectivity index (χ1v) is 5.94. The summed E-state index contributed by atoms with van der Waals surface area (Å²) < 4.78 is 33.8. The molecule has 82 valence electrons. The Kier molecular flexibility index (Phi) is 3.09. The van der Waals surface area contributed by atoms with Gasteiger partial charge in [0.15, 0.2) is 0 Å². The number of aryl methyl sites for hydroxylation is 1. The van der Waals surface area contributed by atoms with Gasteiger partial charge in [0.2, 0.25) is 0 Å². The Bertz CT molecular complexity index is 484. The summed E-state index contributed by atoms with van der Waals surface area (Å²) in [4.78, 5) is 11.3. The number of hydrogen-bond donors (Lipinski definition) is 0. The summed E-state index contributed by atoms with van der Waals surface area (Å²) in [7, 11) is -4.15. The van der Waals surface area contributed by atoms with Gasteiger partial charge in [-0.1, -0.05) is 26.7 Å². The van der Waals surface area contributed by atoms with E-state index < -0.39 is 20.5 Å². The van der Waals surface area contributed by atoms with Gasteiger partial charge in [0.05, 0.1) is 6.26 Å². The van der Waals surface area contributed by atoms with E-state index in [9.17, 15) is 17.7 Å². The molecule has 0 N–H and O–H groups in total. The highest BCUT2D eigenvalue weighted by molar-refractivity contribution is 7.88. The maximum atomic E-state index is 13.0. The number of sulfonamides is 1. The minimum atomic E-state index is -4.15. The molecule has 0 spiro atoms. The quantitative estimate of drug-likeness (QED) is 0.720. The summed E-state index contributed by atoms with van der Waals surface area (Å²) in [5.74, 6) is -1.18. The van der Waals surface area contributed by atoms with Crippen LogP contribution >= 0.6 is 0 Å². The molecular weight excluding hydrogens is 221 g/mol. The average Bonchev–Trinajstić information content (AvgIpc) is 2.14. The molecule has 0 aliphatic carbocycles. The molecule has 0 heterocycles. The van der Waals surface area contributed by atoms with Crippen molar-refractivity contribution >= 4 is 15.9 Å². The van der Waals surface area contributed by atoms with E-state index in [4.69, 9.17) is 0 Å². The van der Waals surface area contributed by atoms with E-state index in [1.165, 1.54) is 12.1 Å². The third-order valence-corrected chi connectivity index (χ3v) is 2.46. The summed E-state index contributed by atoms with van der Waals surface area (Å²) in [6, 6.07) is 6.05. The van der Waals surface area contributed by atoms with Gasteiger partial charge in [-0.2, -0.15) is 0 Å². The summed E-state index contributed by atoms with van der Waals surface area (Å²) in [5.41, 5.74) is 0.755. The van der Waals surface area contributed by atoms with Gasteiger partial charge in [-0.05, 0) is 19.1 Å². The van der Waals surface area contributed by atoms with Crippen molar-refractivity contribution in [3.05, 3.63) is 35.4 Å². The van der Waals surface area contributed by atoms with Crippen LogP contribution in [0.15, 0.2) is 24.3 Å². The molecule has 0 radical (unpaired) electrons. The molecule has 0 unspecified atom stereocenters. The van der Waals surface area contributed by atoms with Crippen LogP contribution in [-0.2, 0) is 10.0 Å². The predicted molar refractivity (Wildman–Crippen MR) is 53.3 cm³/mol. The Morgan fingerprint density at radius 3 is 2.47 bits per heavy atom. The van der Waals surface area contributed by atoms with Crippen molar-refractivity contribution in [2.24, 2.45) is 0 Å². The SMILES string of the molecule is Cc1cccc(C(=O)N(F)S(C)(=O)=O)c1. The van der Waals surface area contributed by atoms with Crippen LogP contribution in [0.2, 0.25) is 0 Å². The van der Waals surface area contributed by atoms with Crippen molar-refractivity contribution < 1.29 is 17.7 Å². The zero-order valence-corrected chi connectivity index (χ0v) is 9.08. The van der Waals surface area contributed by atoms with Gasteiger partial charge in [-0.15, -0.1) is 0 Å². The topological polar surface area (TPSA) is 54.5 Å². The third-order valence-electron chi connectivity index (χ3n) is 1.72. The van der Waals surface area contributed by atoms with Crippen LogP contribution in [-0.4, -0.2) is 25.1 Å². The molecule has 1 amide bonds. The first kappa shape index (κ1) is 11.6.